The summed E-state index contributed by atoms with van der Waals surface area (Å²) in [6.45, 7) is 2.76. The smallest absolute Gasteiger partial charge is 0.151 e. The standard InChI is InChI=1S/C14H22F2N2/c1-2-3-4-5-6-7-8-18-14-12(15)9-11(17)10-13(14)16/h9-10,18H,2-8,17H2,1H3. The molecule has 1 aromatic carbocycles. The average Bonchev–Trinajstić information content (AvgIpc) is 2.30. The molecule has 1 rings (SSSR count). The van der Waals surface area contributed by atoms with Crippen LogP contribution >= 0.6 is 0 Å². The van der Waals surface area contributed by atoms with Crippen LogP contribution in [0.3, 0.4) is 0 Å². The quantitative estimate of drug-likeness (QED) is 0.537. The molecule has 1 aromatic rings. The van der Waals surface area contributed by atoms with Crippen LogP contribution in [-0.2, 0) is 0 Å². The van der Waals surface area contributed by atoms with E-state index in [0.29, 0.717) is 6.54 Å². The fraction of sp³-hybridized carbons (Fsp3) is 0.571. The van der Waals surface area contributed by atoms with Crippen LogP contribution in [-0.4, -0.2) is 6.54 Å². The van der Waals surface area contributed by atoms with Crippen molar-refractivity contribution in [2.45, 2.75) is 45.4 Å². The highest BCUT2D eigenvalue weighted by atomic mass is 19.1. The van der Waals surface area contributed by atoms with Crippen molar-refractivity contribution in [3.05, 3.63) is 23.8 Å². The topological polar surface area (TPSA) is 38.0 Å². The summed E-state index contributed by atoms with van der Waals surface area (Å²) in [7, 11) is 0. The molecular formula is C14H22F2N2. The number of halogens is 2. The molecule has 0 bridgehead atoms. The Morgan fingerprint density at radius 1 is 1.00 bits per heavy atom. The Bertz CT molecular complexity index is 344. The average molecular weight is 256 g/mol. The van der Waals surface area contributed by atoms with Crippen LogP contribution in [0.25, 0.3) is 0 Å². The Kier molecular flexibility index (Phi) is 6.47. The first kappa shape index (κ1) is 14.7. The molecule has 0 heterocycles. The number of nitrogens with two attached hydrogens (primary N) is 1. The van der Waals surface area contributed by atoms with Crippen LogP contribution in [0.2, 0.25) is 0 Å². The van der Waals surface area contributed by atoms with Gasteiger partial charge in [-0.1, -0.05) is 39.0 Å². The van der Waals surface area contributed by atoms with Gasteiger partial charge in [0.1, 0.15) is 5.69 Å². The number of nitrogen functional groups attached to an aromatic ring is 1. The van der Waals surface area contributed by atoms with Crippen LogP contribution in [0.5, 0.6) is 0 Å². The van der Waals surface area contributed by atoms with Crippen molar-refractivity contribution in [2.75, 3.05) is 17.6 Å². The van der Waals surface area contributed by atoms with Crippen molar-refractivity contribution < 1.29 is 8.78 Å². The van der Waals surface area contributed by atoms with Gasteiger partial charge in [-0.3, -0.25) is 0 Å². The molecule has 0 aromatic heterocycles. The molecule has 102 valence electrons. The molecule has 0 saturated carbocycles. The van der Waals surface area contributed by atoms with E-state index in [9.17, 15) is 8.78 Å². The van der Waals surface area contributed by atoms with Crippen LogP contribution in [0.15, 0.2) is 12.1 Å². The minimum Gasteiger partial charge on any atom is -0.399 e. The van der Waals surface area contributed by atoms with Crippen LogP contribution in [0.4, 0.5) is 20.2 Å². The Hall–Kier alpha value is -1.32. The molecule has 0 radical (unpaired) electrons. The van der Waals surface area contributed by atoms with Gasteiger partial charge in [-0.2, -0.15) is 0 Å². The molecule has 0 spiro atoms. The lowest BCUT2D eigenvalue weighted by atomic mass is 10.1. The van der Waals surface area contributed by atoms with Crippen LogP contribution in [0, 0.1) is 11.6 Å². The lowest BCUT2D eigenvalue weighted by molar-refractivity contribution is 0.584. The highest BCUT2D eigenvalue weighted by molar-refractivity contribution is 5.53. The van der Waals surface area contributed by atoms with Gasteiger partial charge in [0.15, 0.2) is 11.6 Å². The molecule has 0 unspecified atom stereocenters. The summed E-state index contributed by atoms with van der Waals surface area (Å²) in [5, 5.41) is 2.79. The van der Waals surface area contributed by atoms with Gasteiger partial charge in [-0.05, 0) is 18.6 Å². The normalized spacial score (nSPS) is 10.6. The number of nitrogens with one attached hydrogen (secondary N) is 1. The van der Waals surface area contributed by atoms with Gasteiger partial charge in [0.25, 0.3) is 0 Å². The molecule has 0 fully saturated rings. The number of benzene rings is 1. The first-order valence-electron chi connectivity index (χ1n) is 6.63. The van der Waals surface area contributed by atoms with Crippen LogP contribution < -0.4 is 11.1 Å². The van der Waals surface area contributed by atoms with E-state index in [0.717, 1.165) is 25.0 Å². The molecule has 3 N–H and O–H groups in total. The van der Waals surface area contributed by atoms with E-state index in [1.807, 2.05) is 0 Å². The third-order valence-corrected chi connectivity index (χ3v) is 2.90. The Labute approximate surface area is 108 Å². The van der Waals surface area contributed by atoms with E-state index in [1.54, 1.807) is 0 Å². The zero-order chi connectivity index (χ0) is 13.4. The predicted molar refractivity (Wildman–Crippen MR) is 72.6 cm³/mol. The van der Waals surface area contributed by atoms with E-state index in [4.69, 9.17) is 5.73 Å². The summed E-state index contributed by atoms with van der Waals surface area (Å²) >= 11 is 0. The third kappa shape index (κ3) is 4.90. The van der Waals surface area contributed by atoms with Crippen molar-refractivity contribution in [1.29, 1.82) is 0 Å². The number of hydrogen-bond donors (Lipinski definition) is 2. The van der Waals surface area contributed by atoms with Gasteiger partial charge >= 0.3 is 0 Å². The minimum atomic E-state index is -0.626. The maximum atomic E-state index is 13.4. The molecular weight excluding hydrogens is 234 g/mol. The molecule has 4 heteroatoms. The van der Waals surface area contributed by atoms with Crippen molar-refractivity contribution in [2.24, 2.45) is 0 Å². The highest BCUT2D eigenvalue weighted by Crippen LogP contribution is 2.21. The molecule has 0 amide bonds. The van der Waals surface area contributed by atoms with Gasteiger partial charge in [0.05, 0.1) is 0 Å². The lowest BCUT2D eigenvalue weighted by Crippen LogP contribution is -2.06. The van der Waals surface area contributed by atoms with Crippen molar-refractivity contribution in [3.63, 3.8) is 0 Å². The number of rotatable bonds is 8. The third-order valence-electron chi connectivity index (χ3n) is 2.90. The van der Waals surface area contributed by atoms with Gasteiger partial charge < -0.3 is 11.1 Å². The molecule has 0 aliphatic carbocycles. The summed E-state index contributed by atoms with van der Waals surface area (Å²) in [6, 6.07) is 2.26. The minimum absolute atomic E-state index is 0.0715. The fourth-order valence-electron chi connectivity index (χ4n) is 1.88. The Morgan fingerprint density at radius 2 is 1.56 bits per heavy atom. The predicted octanol–water partition coefficient (Wildman–Crippen LogP) is 4.32. The summed E-state index contributed by atoms with van der Waals surface area (Å²) in [5.74, 6) is -1.25. The molecule has 18 heavy (non-hydrogen) atoms. The van der Waals surface area contributed by atoms with E-state index in [-0.39, 0.29) is 11.4 Å². The van der Waals surface area contributed by atoms with Crippen LogP contribution in [0.1, 0.15) is 45.4 Å². The van der Waals surface area contributed by atoms with E-state index in [1.165, 1.54) is 25.7 Å². The number of anilines is 2. The SMILES string of the molecule is CCCCCCCCNc1c(F)cc(N)cc1F. The molecule has 0 aliphatic rings. The highest BCUT2D eigenvalue weighted by Gasteiger charge is 2.09. The van der Waals surface area contributed by atoms with Gasteiger partial charge in [0, 0.05) is 12.2 Å². The monoisotopic (exact) mass is 256 g/mol. The maximum absolute atomic E-state index is 13.4. The second-order valence-electron chi connectivity index (χ2n) is 4.55. The maximum Gasteiger partial charge on any atom is 0.151 e. The van der Waals surface area contributed by atoms with Crippen molar-refractivity contribution in [3.8, 4) is 0 Å². The van der Waals surface area contributed by atoms with Gasteiger partial charge in [-0.25, -0.2) is 8.78 Å². The summed E-state index contributed by atoms with van der Waals surface area (Å²) in [6.07, 6.45) is 6.91. The zero-order valence-electron chi connectivity index (χ0n) is 10.9. The first-order chi connectivity index (χ1) is 8.65. The largest absolute Gasteiger partial charge is 0.399 e. The van der Waals surface area contributed by atoms with E-state index < -0.39 is 11.6 Å². The summed E-state index contributed by atoms with van der Waals surface area (Å²) in [5.41, 5.74) is 5.38. The first-order valence-corrected chi connectivity index (χ1v) is 6.63. The molecule has 2 nitrogen and oxygen atoms in total. The zero-order valence-corrected chi connectivity index (χ0v) is 10.9. The number of hydrogen-bond acceptors (Lipinski definition) is 2. The summed E-state index contributed by atoms with van der Waals surface area (Å²) < 4.78 is 26.8. The second-order valence-corrected chi connectivity index (χ2v) is 4.55. The lowest BCUT2D eigenvalue weighted by Gasteiger charge is -2.09. The number of unbranched alkanes of at least 4 members (excludes halogenated alkanes) is 5. The van der Waals surface area contributed by atoms with Crippen molar-refractivity contribution >= 4 is 11.4 Å². The Balaban J connectivity index is 2.27. The second kappa shape index (κ2) is 7.90. The van der Waals surface area contributed by atoms with Gasteiger partial charge in [-0.15, -0.1) is 0 Å². The molecule has 0 aliphatic heterocycles. The van der Waals surface area contributed by atoms with E-state index in [2.05, 4.69) is 12.2 Å². The van der Waals surface area contributed by atoms with Crippen molar-refractivity contribution in [1.82, 2.24) is 0 Å². The fourth-order valence-corrected chi connectivity index (χ4v) is 1.88. The molecule has 0 atom stereocenters. The molecule has 0 saturated heterocycles. The van der Waals surface area contributed by atoms with Gasteiger partial charge in [0.2, 0.25) is 0 Å². The Morgan fingerprint density at radius 3 is 2.17 bits per heavy atom. The van der Waals surface area contributed by atoms with E-state index >= 15 is 0 Å². The summed E-state index contributed by atoms with van der Waals surface area (Å²) in [4.78, 5) is 0.